The van der Waals surface area contributed by atoms with Gasteiger partial charge in [0.2, 0.25) is 0 Å². The number of rotatable bonds is 8. The maximum atomic E-state index is 14.4. The first-order valence-corrected chi connectivity index (χ1v) is 15.3. The fraction of sp³-hybridized carbons (Fsp3) is 0.342. The number of fused-ring (bicyclic) bond motifs is 1. The van der Waals surface area contributed by atoms with Crippen LogP contribution >= 0.6 is 0 Å². The Balaban J connectivity index is -0.000000654. The third-order valence-corrected chi connectivity index (χ3v) is 6.41. The molecular weight excluding hydrogens is 757 g/mol. The molecule has 2 aromatic heterocycles. The Bertz CT molecular complexity index is 1550. The fourth-order valence-electron chi connectivity index (χ4n) is 3.64. The van der Waals surface area contributed by atoms with E-state index >= 15 is 0 Å². The third-order valence-electron chi connectivity index (χ3n) is 6.41. The fourth-order valence-corrected chi connectivity index (χ4v) is 3.64. The average molecular weight is 806 g/mol. The third kappa shape index (κ3) is 17.0. The Kier molecular flexibility index (Phi) is 30.0. The second kappa shape index (κ2) is 28.6. The van der Waals surface area contributed by atoms with Gasteiger partial charge in [-0.2, -0.15) is 24.2 Å². The van der Waals surface area contributed by atoms with Gasteiger partial charge >= 0.3 is 32.7 Å². The SMILES string of the molecule is CC.CCc1ccc([C-]=O)c(C)c1.Cc1c(-c2cnc3c(C)nccn23)ccc(OCC#N)c1F.[CH2-]C([CH2-])C(C)=O.[CH2-]CCC[CH2-].[Y+3].[Y]. The molecule has 0 saturated heterocycles. The summed E-state index contributed by atoms with van der Waals surface area (Å²) >= 11 is 0. The van der Waals surface area contributed by atoms with E-state index in [1.54, 1.807) is 31.6 Å². The van der Waals surface area contributed by atoms with Gasteiger partial charge in [-0.3, -0.25) is 9.38 Å². The molecule has 0 amide bonds. The molecule has 0 N–H and O–H groups in total. The van der Waals surface area contributed by atoms with Gasteiger partial charge in [-0.1, -0.05) is 33.3 Å². The van der Waals surface area contributed by atoms with E-state index in [2.05, 4.69) is 44.6 Å². The molecule has 0 spiro atoms. The van der Waals surface area contributed by atoms with Crippen LogP contribution in [0.1, 0.15) is 74.9 Å². The van der Waals surface area contributed by atoms with Gasteiger partial charge in [-0.25, -0.2) is 15.3 Å². The molecule has 0 fully saturated rings. The van der Waals surface area contributed by atoms with Crippen molar-refractivity contribution in [2.75, 3.05) is 6.61 Å². The summed E-state index contributed by atoms with van der Waals surface area (Å²) in [5, 5.41) is 8.52. The molecule has 4 rings (SSSR count). The number of Topliss-reactive ketones (excluding diaryl/α,β-unsaturated/α-hetero) is 1. The molecule has 0 atom stereocenters. The van der Waals surface area contributed by atoms with Crippen molar-refractivity contribution in [2.45, 2.75) is 74.1 Å². The van der Waals surface area contributed by atoms with Gasteiger partial charge in [0.15, 0.2) is 23.8 Å². The zero-order chi connectivity index (χ0) is 35.2. The van der Waals surface area contributed by atoms with E-state index in [1.165, 1.54) is 25.0 Å². The first-order valence-electron chi connectivity index (χ1n) is 15.3. The summed E-state index contributed by atoms with van der Waals surface area (Å²) in [5.41, 5.74) is 6.45. The molecule has 7 nitrogen and oxygen atoms in total. The largest absolute Gasteiger partial charge is 3.00 e. The molecule has 10 heteroatoms. The number of halogens is 1. The zero-order valence-corrected chi connectivity index (χ0v) is 35.3. The van der Waals surface area contributed by atoms with Crippen LogP contribution in [0, 0.1) is 71.5 Å². The molecule has 0 aliphatic heterocycles. The summed E-state index contributed by atoms with van der Waals surface area (Å²) in [6, 6.07) is 10.9. The molecule has 1 radical (unpaired) electrons. The van der Waals surface area contributed by atoms with E-state index in [9.17, 15) is 14.0 Å². The van der Waals surface area contributed by atoms with Gasteiger partial charge in [-0.05, 0) is 44.9 Å². The number of ketones is 1. The number of hydrogen-bond acceptors (Lipinski definition) is 6. The Hall–Kier alpha value is -2.17. The minimum Gasteiger partial charge on any atom is -0.476 e. The summed E-state index contributed by atoms with van der Waals surface area (Å²) < 4.78 is 21.3. The number of carbonyl (C=O) groups is 1. The Labute approximate surface area is 338 Å². The molecule has 0 bridgehead atoms. The minimum atomic E-state index is -0.464. The number of ether oxygens (including phenoxy) is 1. The van der Waals surface area contributed by atoms with Crippen molar-refractivity contribution >= 4 is 17.7 Å². The number of benzene rings is 2. The maximum absolute atomic E-state index is 14.4. The van der Waals surface area contributed by atoms with Crippen molar-refractivity contribution in [3.8, 4) is 23.1 Å². The summed E-state index contributed by atoms with van der Waals surface area (Å²) in [7, 11) is 0. The van der Waals surface area contributed by atoms with Gasteiger partial charge in [0, 0.05) is 50.7 Å². The zero-order valence-electron chi connectivity index (χ0n) is 29.6. The van der Waals surface area contributed by atoms with Crippen molar-refractivity contribution in [3.63, 3.8) is 0 Å². The van der Waals surface area contributed by atoms with Crippen LogP contribution < -0.4 is 4.74 Å². The summed E-state index contributed by atoms with van der Waals surface area (Å²) in [6.07, 6.45) is 11.3. The normalized spacial score (nSPS) is 9.25. The van der Waals surface area contributed by atoms with Crippen LogP contribution in [0.5, 0.6) is 5.75 Å². The Morgan fingerprint density at radius 1 is 1.10 bits per heavy atom. The Morgan fingerprint density at radius 3 is 2.17 bits per heavy atom. The molecule has 2 heterocycles. The number of imidazole rings is 1. The molecule has 0 aliphatic carbocycles. The number of nitrogens with zero attached hydrogens (tertiary/aromatic N) is 4. The van der Waals surface area contributed by atoms with Crippen molar-refractivity contribution in [2.24, 2.45) is 5.92 Å². The predicted octanol–water partition coefficient (Wildman–Crippen LogP) is 8.78. The van der Waals surface area contributed by atoms with E-state index in [-0.39, 0.29) is 89.5 Å². The maximum Gasteiger partial charge on any atom is 3.00 e. The van der Waals surface area contributed by atoms with E-state index in [4.69, 9.17) is 10.00 Å². The monoisotopic (exact) mass is 805 g/mol. The molecule has 4 aromatic rings. The smallest absolute Gasteiger partial charge is 0.476 e. The second-order valence-corrected chi connectivity index (χ2v) is 9.82. The molecule has 48 heavy (non-hydrogen) atoms. The van der Waals surface area contributed by atoms with Crippen LogP contribution in [0.3, 0.4) is 0 Å². The van der Waals surface area contributed by atoms with Gasteiger partial charge in [-0.15, -0.1) is 29.7 Å². The Morgan fingerprint density at radius 2 is 1.71 bits per heavy atom. The quantitative estimate of drug-likeness (QED) is 0.165. The summed E-state index contributed by atoms with van der Waals surface area (Å²) in [5.74, 6) is -0.636. The number of aryl methyl sites for hydroxylation is 3. The minimum absolute atomic E-state index is 0. The van der Waals surface area contributed by atoms with Crippen molar-refractivity contribution in [1.29, 1.82) is 5.26 Å². The molecular formula is C38H48FN4O3Y2-2. The van der Waals surface area contributed by atoms with E-state index < -0.39 is 5.82 Å². The topological polar surface area (TPSA) is 97.3 Å². The van der Waals surface area contributed by atoms with Crippen LogP contribution in [0.2, 0.25) is 0 Å². The van der Waals surface area contributed by atoms with Gasteiger partial charge < -0.3 is 42.0 Å². The second-order valence-electron chi connectivity index (χ2n) is 9.82. The van der Waals surface area contributed by atoms with E-state index in [0.717, 1.165) is 47.4 Å². The van der Waals surface area contributed by atoms with E-state index in [0.29, 0.717) is 11.1 Å². The van der Waals surface area contributed by atoms with Crippen LogP contribution in [-0.4, -0.2) is 33.0 Å². The molecule has 253 valence electrons. The summed E-state index contributed by atoms with van der Waals surface area (Å²) in [6.45, 7) is 26.9. The standard InChI is InChI=1S/C16H13FN4O.C10H11O.C5H8O.C5H10.C2H6.2Y/c1-10-12(3-4-14(15(10)17)22-8-5-18)13-9-20-16-11(2)19-6-7-21(13)16;1-3-9-4-5-10(7-11)8(2)6-9;1-4(2)5(3)6;1-3-5-4-2;1-2;;/h3-4,6-7,9H,8H2,1-2H3;4-6H,3H2,1-2H3;4H,1-2H2,3H3;1-5H2;1-2H3;;/q;-1;2*-2;;;+3. The van der Waals surface area contributed by atoms with Crippen molar-refractivity contribution in [1.82, 2.24) is 14.4 Å². The molecule has 2 aromatic carbocycles. The molecule has 0 aliphatic rings. The van der Waals surface area contributed by atoms with Crippen LogP contribution in [0.15, 0.2) is 48.9 Å². The number of hydrogen-bond donors (Lipinski definition) is 0. The van der Waals surface area contributed by atoms with Crippen LogP contribution in [0.25, 0.3) is 16.9 Å². The van der Waals surface area contributed by atoms with Gasteiger partial charge in [0.25, 0.3) is 0 Å². The van der Waals surface area contributed by atoms with Crippen molar-refractivity contribution in [3.05, 3.63) is 110 Å². The molecule has 0 saturated carbocycles. The average Bonchev–Trinajstić information content (AvgIpc) is 3.49. The van der Waals surface area contributed by atoms with Crippen molar-refractivity contribution < 1.29 is 84.1 Å². The summed E-state index contributed by atoms with van der Waals surface area (Å²) in [4.78, 5) is 28.9. The number of aromatic nitrogens is 3. The predicted molar refractivity (Wildman–Crippen MR) is 185 cm³/mol. The van der Waals surface area contributed by atoms with E-state index in [1.807, 2.05) is 62.7 Å². The number of unbranched alkanes of at least 4 members (excludes halogenated alkanes) is 2. The number of nitriles is 1. The van der Waals surface area contributed by atoms with Gasteiger partial charge in [0.05, 0.1) is 29.7 Å². The molecule has 0 unspecified atom stereocenters. The first kappa shape index (κ1) is 50.2. The first-order chi connectivity index (χ1) is 22.0. The van der Waals surface area contributed by atoms with Crippen LogP contribution in [-0.2, 0) is 81.4 Å². The van der Waals surface area contributed by atoms with Gasteiger partial charge in [0.1, 0.15) is 6.07 Å². The van der Waals surface area contributed by atoms with Crippen LogP contribution in [0.4, 0.5) is 4.39 Å². The number of carbonyl (C=O) groups excluding carboxylic acids is 2.